The molecule has 1 fully saturated rings. The minimum absolute atomic E-state index is 0.0825. The highest BCUT2D eigenvalue weighted by Crippen LogP contribution is 2.26. The summed E-state index contributed by atoms with van der Waals surface area (Å²) in [6, 6.07) is 1.61. The van der Waals surface area contributed by atoms with Crippen LogP contribution in [-0.2, 0) is 19.6 Å². The highest BCUT2D eigenvalue weighted by molar-refractivity contribution is 7.89. The minimum Gasteiger partial charge on any atom is -0.469 e. The number of hydrogen-bond donors (Lipinski definition) is 0. The molecule has 1 aliphatic heterocycles. The molecule has 0 saturated carbocycles. The van der Waals surface area contributed by atoms with Gasteiger partial charge in [-0.1, -0.05) is 6.92 Å². The monoisotopic (exact) mass is 246 g/mol. The molecule has 6 nitrogen and oxygen atoms in total. The standard InChI is InChI=1S/C9H14N2O4S/c1-7-5-11(16(13,14)4-3-10)6-8(7)9(12)15-2/h7-8H,4-6H2,1-2H3. The van der Waals surface area contributed by atoms with Crippen LogP contribution in [0.1, 0.15) is 6.92 Å². The van der Waals surface area contributed by atoms with Crippen molar-refractivity contribution in [3.63, 3.8) is 0 Å². The zero-order chi connectivity index (χ0) is 12.3. The minimum atomic E-state index is -3.55. The second-order valence-electron chi connectivity index (χ2n) is 3.84. The van der Waals surface area contributed by atoms with Crippen LogP contribution in [-0.4, -0.2) is 44.6 Å². The van der Waals surface area contributed by atoms with Crippen molar-refractivity contribution in [2.75, 3.05) is 26.0 Å². The molecule has 0 N–H and O–H groups in total. The van der Waals surface area contributed by atoms with Crippen LogP contribution in [0.25, 0.3) is 0 Å². The lowest BCUT2D eigenvalue weighted by atomic mass is 9.99. The highest BCUT2D eigenvalue weighted by Gasteiger charge is 2.40. The van der Waals surface area contributed by atoms with Crippen molar-refractivity contribution in [2.45, 2.75) is 6.92 Å². The Morgan fingerprint density at radius 3 is 2.69 bits per heavy atom. The maximum Gasteiger partial charge on any atom is 0.310 e. The van der Waals surface area contributed by atoms with Gasteiger partial charge < -0.3 is 4.74 Å². The van der Waals surface area contributed by atoms with Crippen LogP contribution in [0.4, 0.5) is 0 Å². The van der Waals surface area contributed by atoms with Gasteiger partial charge in [0.15, 0.2) is 5.75 Å². The average Bonchev–Trinajstić information content (AvgIpc) is 2.60. The van der Waals surface area contributed by atoms with E-state index in [2.05, 4.69) is 4.74 Å². The smallest absolute Gasteiger partial charge is 0.310 e. The number of rotatable bonds is 3. The Bertz CT molecular complexity index is 412. The Labute approximate surface area is 94.8 Å². The predicted molar refractivity (Wildman–Crippen MR) is 55.6 cm³/mol. The van der Waals surface area contributed by atoms with E-state index in [9.17, 15) is 13.2 Å². The van der Waals surface area contributed by atoms with Crippen molar-refractivity contribution in [3.8, 4) is 6.07 Å². The summed E-state index contributed by atoms with van der Waals surface area (Å²) in [7, 11) is -2.27. The second kappa shape index (κ2) is 4.80. The number of esters is 1. The van der Waals surface area contributed by atoms with Crippen molar-refractivity contribution < 1.29 is 17.9 Å². The molecule has 0 bridgehead atoms. The first-order valence-electron chi connectivity index (χ1n) is 4.85. The van der Waals surface area contributed by atoms with E-state index in [0.29, 0.717) is 0 Å². The van der Waals surface area contributed by atoms with Crippen LogP contribution in [0.2, 0.25) is 0 Å². The predicted octanol–water partition coefficient (Wildman–Crippen LogP) is -0.419. The Morgan fingerprint density at radius 1 is 1.56 bits per heavy atom. The third-order valence-corrected chi connectivity index (χ3v) is 4.30. The van der Waals surface area contributed by atoms with E-state index in [4.69, 9.17) is 5.26 Å². The molecule has 1 rings (SSSR count). The van der Waals surface area contributed by atoms with Gasteiger partial charge in [0.05, 0.1) is 19.1 Å². The van der Waals surface area contributed by atoms with Crippen LogP contribution >= 0.6 is 0 Å². The van der Waals surface area contributed by atoms with Crippen LogP contribution in [0, 0.1) is 23.2 Å². The lowest BCUT2D eigenvalue weighted by Gasteiger charge is -2.13. The highest BCUT2D eigenvalue weighted by atomic mass is 32.2. The number of carbonyl (C=O) groups is 1. The summed E-state index contributed by atoms with van der Waals surface area (Å²) in [6.45, 7) is 2.17. The fourth-order valence-electron chi connectivity index (χ4n) is 1.78. The van der Waals surface area contributed by atoms with Gasteiger partial charge in [-0.25, -0.2) is 8.42 Å². The Kier molecular flexibility index (Phi) is 3.88. The lowest BCUT2D eigenvalue weighted by molar-refractivity contribution is -0.145. The summed E-state index contributed by atoms with van der Waals surface area (Å²) >= 11 is 0. The molecule has 90 valence electrons. The molecule has 2 unspecified atom stereocenters. The molecule has 0 aliphatic carbocycles. The van der Waals surface area contributed by atoms with Crippen molar-refractivity contribution >= 4 is 16.0 Å². The lowest BCUT2D eigenvalue weighted by Crippen LogP contribution is -2.31. The van der Waals surface area contributed by atoms with E-state index in [1.807, 2.05) is 0 Å². The molecular formula is C9H14N2O4S. The first kappa shape index (κ1) is 12.9. The van der Waals surface area contributed by atoms with Gasteiger partial charge in [0, 0.05) is 13.1 Å². The number of nitriles is 1. The Hall–Kier alpha value is -1.13. The fraction of sp³-hybridized carbons (Fsp3) is 0.778. The van der Waals surface area contributed by atoms with Crippen molar-refractivity contribution in [2.24, 2.45) is 11.8 Å². The van der Waals surface area contributed by atoms with E-state index in [1.165, 1.54) is 11.4 Å². The molecule has 0 radical (unpaired) electrons. The summed E-state index contributed by atoms with van der Waals surface area (Å²) in [5.74, 6) is -1.46. The summed E-state index contributed by atoms with van der Waals surface area (Å²) < 4.78 is 29.0. The molecule has 1 heterocycles. The number of ether oxygens (including phenoxy) is 1. The number of carbonyl (C=O) groups excluding carboxylic acids is 1. The number of hydrogen-bond acceptors (Lipinski definition) is 5. The molecule has 0 amide bonds. The molecule has 0 spiro atoms. The van der Waals surface area contributed by atoms with E-state index < -0.39 is 27.7 Å². The molecule has 0 aromatic rings. The van der Waals surface area contributed by atoms with Gasteiger partial charge >= 0.3 is 5.97 Å². The normalized spacial score (nSPS) is 26.3. The molecule has 7 heteroatoms. The zero-order valence-corrected chi connectivity index (χ0v) is 10.0. The fourth-order valence-corrected chi connectivity index (χ4v) is 2.98. The zero-order valence-electron chi connectivity index (χ0n) is 9.21. The van der Waals surface area contributed by atoms with E-state index >= 15 is 0 Å². The maximum atomic E-state index is 11.6. The first-order chi connectivity index (χ1) is 7.42. The number of nitrogens with zero attached hydrogens (tertiary/aromatic N) is 2. The SMILES string of the molecule is COC(=O)C1CN(S(=O)(=O)CC#N)CC1C. The average molecular weight is 246 g/mol. The molecule has 1 saturated heterocycles. The number of methoxy groups -OCH3 is 1. The Morgan fingerprint density at radius 2 is 2.19 bits per heavy atom. The van der Waals surface area contributed by atoms with Gasteiger partial charge in [0.1, 0.15) is 0 Å². The molecular weight excluding hydrogens is 232 g/mol. The van der Waals surface area contributed by atoms with Crippen LogP contribution < -0.4 is 0 Å². The maximum absolute atomic E-state index is 11.6. The summed E-state index contributed by atoms with van der Waals surface area (Å²) in [4.78, 5) is 11.3. The third-order valence-electron chi connectivity index (χ3n) is 2.72. The van der Waals surface area contributed by atoms with Crippen LogP contribution in [0.15, 0.2) is 0 Å². The van der Waals surface area contributed by atoms with Gasteiger partial charge in [-0.05, 0) is 5.92 Å². The molecule has 0 aromatic heterocycles. The van der Waals surface area contributed by atoms with Crippen molar-refractivity contribution in [1.29, 1.82) is 5.26 Å². The topological polar surface area (TPSA) is 87.5 Å². The largest absolute Gasteiger partial charge is 0.469 e. The summed E-state index contributed by atoms with van der Waals surface area (Å²) in [6.07, 6.45) is 0. The number of sulfonamides is 1. The van der Waals surface area contributed by atoms with Crippen LogP contribution in [0.5, 0.6) is 0 Å². The second-order valence-corrected chi connectivity index (χ2v) is 5.81. The van der Waals surface area contributed by atoms with Crippen molar-refractivity contribution in [3.05, 3.63) is 0 Å². The van der Waals surface area contributed by atoms with Crippen molar-refractivity contribution in [1.82, 2.24) is 4.31 Å². The third kappa shape index (κ3) is 2.51. The first-order valence-corrected chi connectivity index (χ1v) is 6.46. The summed E-state index contributed by atoms with van der Waals surface area (Å²) in [5.41, 5.74) is 0. The molecule has 0 aromatic carbocycles. The summed E-state index contributed by atoms with van der Waals surface area (Å²) in [5, 5.41) is 8.40. The van der Waals surface area contributed by atoms with Gasteiger partial charge in [0.25, 0.3) is 0 Å². The van der Waals surface area contributed by atoms with E-state index in [0.717, 1.165) is 0 Å². The van der Waals surface area contributed by atoms with Gasteiger partial charge in [-0.2, -0.15) is 9.57 Å². The molecule has 2 atom stereocenters. The van der Waals surface area contributed by atoms with E-state index in [1.54, 1.807) is 13.0 Å². The quantitative estimate of drug-likeness (QED) is 0.631. The molecule has 1 aliphatic rings. The van der Waals surface area contributed by atoms with Gasteiger partial charge in [0.2, 0.25) is 10.0 Å². The van der Waals surface area contributed by atoms with Gasteiger partial charge in [-0.3, -0.25) is 4.79 Å². The van der Waals surface area contributed by atoms with Gasteiger partial charge in [-0.15, -0.1) is 0 Å². The van der Waals surface area contributed by atoms with E-state index in [-0.39, 0.29) is 19.0 Å². The Balaban J connectivity index is 2.78. The molecule has 16 heavy (non-hydrogen) atoms. The van der Waals surface area contributed by atoms with Crippen LogP contribution in [0.3, 0.4) is 0 Å².